The summed E-state index contributed by atoms with van der Waals surface area (Å²) in [7, 11) is 0. The van der Waals surface area contributed by atoms with Crippen molar-refractivity contribution >= 4 is 5.91 Å². The van der Waals surface area contributed by atoms with Gasteiger partial charge in [0, 0.05) is 17.8 Å². The maximum atomic E-state index is 11.2. The smallest absolute Gasteiger partial charge is 0.274 e. The van der Waals surface area contributed by atoms with Crippen molar-refractivity contribution in [3.8, 4) is 0 Å². The van der Waals surface area contributed by atoms with E-state index in [2.05, 4.69) is 6.58 Å². The van der Waals surface area contributed by atoms with E-state index in [9.17, 15) is 14.4 Å². The maximum absolute atomic E-state index is 11.2. The van der Waals surface area contributed by atoms with Gasteiger partial charge in [-0.3, -0.25) is 14.6 Å². The van der Waals surface area contributed by atoms with E-state index in [1.165, 1.54) is 6.92 Å². The van der Waals surface area contributed by atoms with Crippen molar-refractivity contribution in [1.82, 2.24) is 9.55 Å². The van der Waals surface area contributed by atoms with Gasteiger partial charge in [-0.2, -0.15) is 0 Å². The lowest BCUT2D eigenvalue weighted by Crippen LogP contribution is -2.33. The standard InChI is InChI=1S/C8H8N2O3/c1-5(2)7(12)10-4-3-6(11)9-8(10)13/h3-4H,1H2,2H3,(H,9,11,13). The first-order valence-corrected chi connectivity index (χ1v) is 3.54. The van der Waals surface area contributed by atoms with Gasteiger partial charge in [0.25, 0.3) is 11.5 Å². The molecule has 13 heavy (non-hydrogen) atoms. The minimum Gasteiger partial charge on any atom is -0.274 e. The van der Waals surface area contributed by atoms with Crippen molar-refractivity contribution in [3.63, 3.8) is 0 Å². The lowest BCUT2D eigenvalue weighted by Gasteiger charge is -2.00. The fraction of sp³-hybridized carbons (Fsp3) is 0.125. The molecule has 0 aromatic carbocycles. The van der Waals surface area contributed by atoms with E-state index < -0.39 is 17.2 Å². The Balaban J connectivity index is 3.33. The summed E-state index contributed by atoms with van der Waals surface area (Å²) in [6, 6.07) is 1.10. The molecule has 68 valence electrons. The van der Waals surface area contributed by atoms with Crippen LogP contribution < -0.4 is 11.2 Å². The third-order valence-corrected chi connectivity index (χ3v) is 1.41. The second-order valence-electron chi connectivity index (χ2n) is 2.57. The molecular formula is C8H8N2O3. The summed E-state index contributed by atoms with van der Waals surface area (Å²) < 4.78 is 0.795. The minimum absolute atomic E-state index is 0.231. The Morgan fingerprint density at radius 3 is 2.62 bits per heavy atom. The number of nitrogens with zero attached hydrogens (tertiary/aromatic N) is 1. The first-order valence-electron chi connectivity index (χ1n) is 3.54. The van der Waals surface area contributed by atoms with Crippen molar-refractivity contribution in [3.05, 3.63) is 45.3 Å². The van der Waals surface area contributed by atoms with Crippen molar-refractivity contribution in [2.45, 2.75) is 6.92 Å². The van der Waals surface area contributed by atoms with E-state index in [4.69, 9.17) is 0 Å². The highest BCUT2D eigenvalue weighted by molar-refractivity contribution is 5.93. The molecule has 1 aromatic heterocycles. The van der Waals surface area contributed by atoms with E-state index >= 15 is 0 Å². The second kappa shape index (κ2) is 3.22. The van der Waals surface area contributed by atoms with Crippen LogP contribution in [-0.4, -0.2) is 15.5 Å². The molecule has 1 heterocycles. The molecule has 5 heteroatoms. The highest BCUT2D eigenvalue weighted by atomic mass is 16.2. The molecule has 0 unspecified atom stereocenters. The summed E-state index contributed by atoms with van der Waals surface area (Å²) in [5.41, 5.74) is -1.05. The number of rotatable bonds is 1. The summed E-state index contributed by atoms with van der Waals surface area (Å²) in [6.07, 6.45) is 1.12. The minimum atomic E-state index is -0.750. The average Bonchev–Trinajstić information content (AvgIpc) is 2.03. The summed E-state index contributed by atoms with van der Waals surface area (Å²) in [5, 5.41) is 0. The van der Waals surface area contributed by atoms with Crippen LogP contribution in [0.2, 0.25) is 0 Å². The average molecular weight is 180 g/mol. The van der Waals surface area contributed by atoms with Crippen LogP contribution in [0.15, 0.2) is 34.0 Å². The first kappa shape index (κ1) is 9.18. The Morgan fingerprint density at radius 1 is 1.54 bits per heavy atom. The molecule has 0 aliphatic rings. The summed E-state index contributed by atoms with van der Waals surface area (Å²) in [4.78, 5) is 34.8. The lowest BCUT2D eigenvalue weighted by atomic mass is 10.3. The largest absolute Gasteiger partial charge is 0.335 e. The molecule has 1 N–H and O–H groups in total. The van der Waals surface area contributed by atoms with Crippen molar-refractivity contribution < 1.29 is 4.79 Å². The van der Waals surface area contributed by atoms with Gasteiger partial charge in [-0.25, -0.2) is 9.36 Å². The maximum Gasteiger partial charge on any atom is 0.335 e. The monoisotopic (exact) mass is 180 g/mol. The number of carbonyl (C=O) groups is 1. The van der Waals surface area contributed by atoms with Crippen LogP contribution in [0.3, 0.4) is 0 Å². The van der Waals surface area contributed by atoms with E-state index in [0.717, 1.165) is 16.8 Å². The van der Waals surface area contributed by atoms with Crippen LogP contribution in [-0.2, 0) is 0 Å². The number of allylic oxidation sites excluding steroid dienone is 1. The van der Waals surface area contributed by atoms with Gasteiger partial charge in [-0.15, -0.1) is 0 Å². The molecule has 1 rings (SSSR count). The van der Waals surface area contributed by atoms with Gasteiger partial charge >= 0.3 is 5.69 Å². The topological polar surface area (TPSA) is 71.9 Å². The van der Waals surface area contributed by atoms with E-state index in [1.54, 1.807) is 0 Å². The molecule has 1 aromatic rings. The SMILES string of the molecule is C=C(C)C(=O)n1ccc(=O)[nH]c1=O. The zero-order chi connectivity index (χ0) is 10.0. The molecule has 0 spiro atoms. The molecule has 0 saturated carbocycles. The zero-order valence-corrected chi connectivity index (χ0v) is 7.03. The second-order valence-corrected chi connectivity index (χ2v) is 2.57. The summed E-state index contributed by atoms with van der Waals surface area (Å²) >= 11 is 0. The molecule has 0 saturated heterocycles. The van der Waals surface area contributed by atoms with Crippen LogP contribution in [0, 0.1) is 0 Å². The normalized spacial score (nSPS) is 9.62. The Hall–Kier alpha value is -1.91. The predicted octanol–water partition coefficient (Wildman–Crippen LogP) is -0.247. The van der Waals surface area contributed by atoms with Crippen molar-refractivity contribution in [1.29, 1.82) is 0 Å². The molecule has 0 aliphatic heterocycles. The van der Waals surface area contributed by atoms with Gasteiger partial charge in [-0.05, 0) is 6.92 Å². The van der Waals surface area contributed by atoms with Crippen molar-refractivity contribution in [2.75, 3.05) is 0 Å². The quantitative estimate of drug-likeness (QED) is 0.606. The van der Waals surface area contributed by atoms with Gasteiger partial charge in [0.2, 0.25) is 0 Å². The number of aromatic amines is 1. The number of nitrogens with one attached hydrogen (secondary N) is 1. The van der Waals surface area contributed by atoms with Gasteiger partial charge in [-0.1, -0.05) is 6.58 Å². The Morgan fingerprint density at radius 2 is 2.15 bits per heavy atom. The van der Waals surface area contributed by atoms with Crippen LogP contribution in [0.1, 0.15) is 11.7 Å². The Kier molecular flexibility index (Phi) is 2.27. The molecule has 5 nitrogen and oxygen atoms in total. The van der Waals surface area contributed by atoms with E-state index in [1.807, 2.05) is 4.98 Å². The molecule has 0 atom stereocenters. The zero-order valence-electron chi connectivity index (χ0n) is 7.03. The molecule has 0 fully saturated rings. The highest BCUT2D eigenvalue weighted by Crippen LogP contribution is 1.90. The van der Waals surface area contributed by atoms with E-state index in [0.29, 0.717) is 0 Å². The third kappa shape index (κ3) is 1.81. The fourth-order valence-corrected chi connectivity index (χ4v) is 0.783. The summed E-state index contributed by atoms with van der Waals surface area (Å²) in [5.74, 6) is -0.527. The number of carbonyl (C=O) groups excluding carboxylic acids is 1. The third-order valence-electron chi connectivity index (χ3n) is 1.41. The fourth-order valence-electron chi connectivity index (χ4n) is 0.783. The molecule has 0 bridgehead atoms. The highest BCUT2D eigenvalue weighted by Gasteiger charge is 2.06. The number of hydrogen-bond acceptors (Lipinski definition) is 3. The Bertz CT molecular complexity index is 467. The molecule has 0 aliphatic carbocycles. The first-order chi connectivity index (χ1) is 6.02. The van der Waals surface area contributed by atoms with Gasteiger partial charge < -0.3 is 0 Å². The molecule has 0 radical (unpaired) electrons. The van der Waals surface area contributed by atoms with E-state index in [-0.39, 0.29) is 5.57 Å². The Labute approximate surface area is 73.3 Å². The van der Waals surface area contributed by atoms with Crippen LogP contribution in [0.5, 0.6) is 0 Å². The van der Waals surface area contributed by atoms with Crippen LogP contribution in [0.4, 0.5) is 0 Å². The number of hydrogen-bond donors (Lipinski definition) is 1. The molecular weight excluding hydrogens is 172 g/mol. The molecule has 0 amide bonds. The number of H-pyrrole nitrogens is 1. The van der Waals surface area contributed by atoms with Gasteiger partial charge in [0.1, 0.15) is 0 Å². The van der Waals surface area contributed by atoms with Crippen LogP contribution in [0.25, 0.3) is 0 Å². The summed E-state index contributed by atoms with van der Waals surface area (Å²) in [6.45, 7) is 4.88. The van der Waals surface area contributed by atoms with Crippen LogP contribution >= 0.6 is 0 Å². The predicted molar refractivity (Wildman–Crippen MR) is 46.8 cm³/mol. The number of aromatic nitrogens is 2. The van der Waals surface area contributed by atoms with Crippen molar-refractivity contribution in [2.24, 2.45) is 0 Å². The van der Waals surface area contributed by atoms with Gasteiger partial charge in [0.05, 0.1) is 0 Å². The van der Waals surface area contributed by atoms with Gasteiger partial charge in [0.15, 0.2) is 0 Å². The lowest BCUT2D eigenvalue weighted by molar-refractivity contribution is 0.0949.